The molecular formula is C25H23NO4S. The van der Waals surface area contributed by atoms with Crippen LogP contribution in [0.25, 0.3) is 17.2 Å². The van der Waals surface area contributed by atoms with E-state index >= 15 is 0 Å². The fourth-order valence-electron chi connectivity index (χ4n) is 3.40. The Kier molecular flexibility index (Phi) is 6.30. The molecule has 1 fully saturated rings. The van der Waals surface area contributed by atoms with E-state index in [4.69, 9.17) is 9.47 Å². The Labute approximate surface area is 185 Å². The summed E-state index contributed by atoms with van der Waals surface area (Å²) in [5.41, 5.74) is 3.97. The van der Waals surface area contributed by atoms with Crippen LogP contribution in [0.1, 0.15) is 11.1 Å². The number of amides is 1. The van der Waals surface area contributed by atoms with Gasteiger partial charge in [0.25, 0.3) is 5.24 Å². The van der Waals surface area contributed by atoms with Crippen molar-refractivity contribution in [3.8, 4) is 22.6 Å². The summed E-state index contributed by atoms with van der Waals surface area (Å²) in [5.74, 6) is 1.56. The molecule has 5 nitrogen and oxygen atoms in total. The maximum absolute atomic E-state index is 12.5. The minimum atomic E-state index is -0.968. The van der Waals surface area contributed by atoms with E-state index < -0.39 is 6.23 Å². The van der Waals surface area contributed by atoms with Crippen LogP contribution in [0.2, 0.25) is 0 Å². The molecule has 4 rings (SSSR count). The number of thioether (sulfide) groups is 1. The Morgan fingerprint density at radius 1 is 0.935 bits per heavy atom. The number of carbonyl (C=O) groups excluding carboxylic acids is 1. The minimum Gasteiger partial charge on any atom is -0.497 e. The summed E-state index contributed by atoms with van der Waals surface area (Å²) in [5, 5.41) is 10.6. The van der Waals surface area contributed by atoms with Gasteiger partial charge >= 0.3 is 0 Å². The molecule has 0 aromatic heterocycles. The van der Waals surface area contributed by atoms with Gasteiger partial charge in [0.1, 0.15) is 11.5 Å². The second-order valence-corrected chi connectivity index (χ2v) is 8.14. The van der Waals surface area contributed by atoms with Crippen LogP contribution in [-0.2, 0) is 6.54 Å². The maximum atomic E-state index is 12.5. The fourth-order valence-corrected chi connectivity index (χ4v) is 4.31. The second-order valence-electron chi connectivity index (χ2n) is 7.12. The molecule has 3 aromatic rings. The molecule has 0 radical (unpaired) electrons. The molecule has 1 unspecified atom stereocenters. The maximum Gasteiger partial charge on any atom is 0.288 e. The van der Waals surface area contributed by atoms with E-state index in [2.05, 4.69) is 0 Å². The second kappa shape index (κ2) is 9.29. The third-order valence-corrected chi connectivity index (χ3v) is 6.09. The van der Waals surface area contributed by atoms with Crippen LogP contribution < -0.4 is 9.47 Å². The normalized spacial score (nSPS) is 17.3. The molecule has 0 spiro atoms. The molecule has 0 bridgehead atoms. The Morgan fingerprint density at radius 2 is 1.58 bits per heavy atom. The molecule has 6 heteroatoms. The van der Waals surface area contributed by atoms with E-state index in [0.717, 1.165) is 45.5 Å². The first-order chi connectivity index (χ1) is 15.1. The fraction of sp³-hybridized carbons (Fsp3) is 0.160. The van der Waals surface area contributed by atoms with Gasteiger partial charge in [-0.2, -0.15) is 0 Å². The first-order valence-corrected chi connectivity index (χ1v) is 10.6. The average Bonchev–Trinajstić information content (AvgIpc) is 3.07. The first-order valence-electron chi connectivity index (χ1n) is 9.83. The summed E-state index contributed by atoms with van der Waals surface area (Å²) in [6.45, 7) is 0.334. The Morgan fingerprint density at radius 3 is 2.23 bits per heavy atom. The molecule has 1 amide bonds. The van der Waals surface area contributed by atoms with Crippen LogP contribution in [0.3, 0.4) is 0 Å². The summed E-state index contributed by atoms with van der Waals surface area (Å²) >= 11 is 1.07. The number of aliphatic hydroxyl groups is 1. The smallest absolute Gasteiger partial charge is 0.288 e. The van der Waals surface area contributed by atoms with Gasteiger partial charge in [-0.15, -0.1) is 0 Å². The molecule has 3 aromatic carbocycles. The highest BCUT2D eigenvalue weighted by molar-refractivity contribution is 8.17. The van der Waals surface area contributed by atoms with Gasteiger partial charge < -0.3 is 14.6 Å². The highest BCUT2D eigenvalue weighted by atomic mass is 32.2. The van der Waals surface area contributed by atoms with Crippen molar-refractivity contribution >= 4 is 23.1 Å². The molecular weight excluding hydrogens is 410 g/mol. The third kappa shape index (κ3) is 4.76. The Hall–Kier alpha value is -3.22. The Bertz CT molecular complexity index is 1090. The van der Waals surface area contributed by atoms with E-state index in [1.54, 1.807) is 14.2 Å². The molecule has 0 saturated carbocycles. The van der Waals surface area contributed by atoms with E-state index in [9.17, 15) is 9.90 Å². The number of hydrogen-bond donors (Lipinski definition) is 1. The van der Waals surface area contributed by atoms with Gasteiger partial charge in [-0.05, 0) is 70.4 Å². The number of carbonyl (C=O) groups is 1. The third-order valence-electron chi connectivity index (χ3n) is 5.12. The van der Waals surface area contributed by atoms with Crippen molar-refractivity contribution in [1.29, 1.82) is 0 Å². The van der Waals surface area contributed by atoms with Gasteiger partial charge in [-0.25, -0.2) is 0 Å². The van der Waals surface area contributed by atoms with Crippen LogP contribution in [0, 0.1) is 0 Å². The van der Waals surface area contributed by atoms with Gasteiger partial charge in [0.15, 0.2) is 6.23 Å². The Balaban J connectivity index is 1.52. The molecule has 1 heterocycles. The monoisotopic (exact) mass is 433 g/mol. The molecule has 1 aliphatic rings. The van der Waals surface area contributed by atoms with Crippen LogP contribution in [0.15, 0.2) is 77.7 Å². The zero-order valence-corrected chi connectivity index (χ0v) is 18.1. The highest BCUT2D eigenvalue weighted by Crippen LogP contribution is 2.37. The quantitative estimate of drug-likeness (QED) is 0.564. The number of benzene rings is 3. The summed E-state index contributed by atoms with van der Waals surface area (Å²) in [7, 11) is 3.26. The largest absolute Gasteiger partial charge is 0.497 e. The number of rotatable bonds is 6. The van der Waals surface area contributed by atoms with Crippen LogP contribution in [0.5, 0.6) is 11.5 Å². The SMILES string of the molecule is COc1ccc(CN2C(=O)SC(=Cc3cccc(-c4ccc(OC)cc4)c3)C2O)cc1. The highest BCUT2D eigenvalue weighted by Gasteiger charge is 2.34. The lowest BCUT2D eigenvalue weighted by molar-refractivity contribution is 0.0765. The summed E-state index contributed by atoms with van der Waals surface area (Å²) in [6, 6.07) is 23.3. The molecule has 158 valence electrons. The topological polar surface area (TPSA) is 59.0 Å². The standard InChI is InChI=1S/C25H23NO4S/c1-29-21-10-6-17(7-11-21)16-26-24(27)23(31-25(26)28)15-18-4-3-5-20(14-18)19-8-12-22(30-2)13-9-19/h3-15,24,27H,16H2,1-2H3. The zero-order chi connectivity index (χ0) is 21.8. The van der Waals surface area contributed by atoms with Crippen molar-refractivity contribution in [2.24, 2.45) is 0 Å². The van der Waals surface area contributed by atoms with Gasteiger partial charge in [0.2, 0.25) is 0 Å². The predicted molar refractivity (Wildman–Crippen MR) is 124 cm³/mol. The predicted octanol–water partition coefficient (Wildman–Crippen LogP) is 5.40. The van der Waals surface area contributed by atoms with Gasteiger partial charge in [0.05, 0.1) is 14.2 Å². The molecule has 31 heavy (non-hydrogen) atoms. The van der Waals surface area contributed by atoms with Crippen molar-refractivity contribution in [3.63, 3.8) is 0 Å². The lowest BCUT2D eigenvalue weighted by atomic mass is 10.0. The number of hydrogen-bond acceptors (Lipinski definition) is 5. The summed E-state index contributed by atoms with van der Waals surface area (Å²) in [4.78, 5) is 14.6. The van der Waals surface area contributed by atoms with Gasteiger partial charge in [0, 0.05) is 11.4 Å². The van der Waals surface area contributed by atoms with Crippen LogP contribution >= 0.6 is 11.8 Å². The number of ether oxygens (including phenoxy) is 2. The van der Waals surface area contributed by atoms with E-state index in [1.165, 1.54) is 4.90 Å². The van der Waals surface area contributed by atoms with Crippen molar-refractivity contribution in [1.82, 2.24) is 4.90 Å². The molecule has 1 atom stereocenters. The van der Waals surface area contributed by atoms with Crippen molar-refractivity contribution in [2.75, 3.05) is 14.2 Å². The lowest BCUT2D eigenvalue weighted by Gasteiger charge is -2.19. The lowest BCUT2D eigenvalue weighted by Crippen LogP contribution is -2.31. The van der Waals surface area contributed by atoms with Crippen molar-refractivity contribution < 1.29 is 19.4 Å². The summed E-state index contributed by atoms with van der Waals surface area (Å²) < 4.78 is 10.4. The van der Waals surface area contributed by atoms with Gasteiger partial charge in [-0.1, -0.05) is 42.5 Å². The number of aliphatic hydroxyl groups excluding tert-OH is 1. The van der Waals surface area contributed by atoms with E-state index in [1.807, 2.05) is 78.9 Å². The van der Waals surface area contributed by atoms with E-state index in [-0.39, 0.29) is 5.24 Å². The zero-order valence-electron chi connectivity index (χ0n) is 17.3. The number of methoxy groups -OCH3 is 2. The van der Waals surface area contributed by atoms with Crippen LogP contribution in [0.4, 0.5) is 4.79 Å². The van der Waals surface area contributed by atoms with E-state index in [0.29, 0.717) is 11.4 Å². The minimum absolute atomic E-state index is 0.166. The first kappa shape index (κ1) is 21.0. The van der Waals surface area contributed by atoms with Gasteiger partial charge in [-0.3, -0.25) is 9.69 Å². The van der Waals surface area contributed by atoms with Crippen molar-refractivity contribution in [3.05, 3.63) is 88.8 Å². The molecule has 1 saturated heterocycles. The summed E-state index contributed by atoms with van der Waals surface area (Å²) in [6.07, 6.45) is 0.901. The molecule has 1 N–H and O–H groups in total. The molecule has 1 aliphatic heterocycles. The van der Waals surface area contributed by atoms with Crippen LogP contribution in [-0.4, -0.2) is 35.7 Å². The van der Waals surface area contributed by atoms with Crippen molar-refractivity contribution in [2.45, 2.75) is 12.8 Å². The number of nitrogens with zero attached hydrogens (tertiary/aromatic N) is 1. The molecule has 0 aliphatic carbocycles. The average molecular weight is 434 g/mol.